The van der Waals surface area contributed by atoms with Crippen LogP contribution in [0.5, 0.6) is 0 Å². The van der Waals surface area contributed by atoms with Gasteiger partial charge >= 0.3 is 5.97 Å². The molecule has 144 valence electrons. The predicted octanol–water partition coefficient (Wildman–Crippen LogP) is 3.02. The Morgan fingerprint density at radius 3 is 2.08 bits per heavy atom. The Bertz CT molecular complexity index is 540. The number of hydrogen-bond donors (Lipinski definition) is 0. The van der Waals surface area contributed by atoms with Gasteiger partial charge in [-0.2, -0.15) is 0 Å². The first-order valence-electron chi connectivity index (χ1n) is 8.09. The molecule has 2 rings (SSSR count). The van der Waals surface area contributed by atoms with Crippen LogP contribution in [0.4, 0.5) is 0 Å². The number of esters is 1. The summed E-state index contributed by atoms with van der Waals surface area (Å²) in [5.41, 5.74) is -0.446. The van der Waals surface area contributed by atoms with Crippen LogP contribution in [-0.2, 0) is 28.5 Å². The van der Waals surface area contributed by atoms with Gasteiger partial charge < -0.3 is 18.9 Å². The molecular formula is C18H29BrO6. The molecule has 1 saturated carbocycles. The van der Waals surface area contributed by atoms with Gasteiger partial charge in [0.2, 0.25) is 0 Å². The molecule has 0 bridgehead atoms. The normalized spacial score (nSPS) is 31.9. The number of halogens is 1. The van der Waals surface area contributed by atoms with E-state index < -0.39 is 17.0 Å². The number of epoxide rings is 1. The van der Waals surface area contributed by atoms with Crippen molar-refractivity contribution >= 4 is 28.2 Å². The van der Waals surface area contributed by atoms with Crippen molar-refractivity contribution in [3.05, 3.63) is 11.6 Å². The largest absolute Gasteiger partial charge is 0.466 e. The van der Waals surface area contributed by atoms with Crippen molar-refractivity contribution in [3.63, 3.8) is 0 Å². The second kappa shape index (κ2) is 7.86. The minimum Gasteiger partial charge on any atom is -0.466 e. The van der Waals surface area contributed by atoms with Crippen molar-refractivity contribution in [1.29, 1.82) is 0 Å². The van der Waals surface area contributed by atoms with Gasteiger partial charge in [-0.3, -0.25) is 4.79 Å². The van der Waals surface area contributed by atoms with Gasteiger partial charge in [-0.1, -0.05) is 35.4 Å². The highest BCUT2D eigenvalue weighted by molar-refractivity contribution is 9.09. The van der Waals surface area contributed by atoms with Gasteiger partial charge in [0.15, 0.2) is 17.7 Å². The third-order valence-electron chi connectivity index (χ3n) is 5.14. The molecule has 7 heteroatoms. The first-order valence-corrected chi connectivity index (χ1v) is 9.21. The van der Waals surface area contributed by atoms with Gasteiger partial charge in [0.1, 0.15) is 5.60 Å². The summed E-state index contributed by atoms with van der Waals surface area (Å²) in [4.78, 5) is 21.8. The smallest absolute Gasteiger partial charge is 0.330 e. The lowest BCUT2D eigenvalue weighted by Gasteiger charge is -2.45. The van der Waals surface area contributed by atoms with E-state index in [9.17, 15) is 9.59 Å². The molecule has 6 nitrogen and oxygen atoms in total. The molecule has 0 spiro atoms. The maximum atomic E-state index is 11.3. The standard InChI is InChI=1S/C12H20O4.C6H9BrO2/c1-9(2)6-11(14-4,15-5)7-10(3)12(9,8-13)16-10;1-5(4-7)3-6(8)9-2/h8H,6-7H2,1-5H3;3H,4H2,1-2H3. The van der Waals surface area contributed by atoms with Crippen LogP contribution in [0.25, 0.3) is 0 Å². The zero-order valence-corrected chi connectivity index (χ0v) is 17.7. The minimum atomic E-state index is -0.666. The van der Waals surface area contributed by atoms with E-state index in [1.54, 1.807) is 14.2 Å². The molecule has 2 fully saturated rings. The minimum absolute atomic E-state index is 0.284. The third kappa shape index (κ3) is 4.15. The monoisotopic (exact) mass is 420 g/mol. The van der Waals surface area contributed by atoms with Crippen molar-refractivity contribution in [3.8, 4) is 0 Å². The fourth-order valence-electron chi connectivity index (χ4n) is 3.71. The summed E-state index contributed by atoms with van der Waals surface area (Å²) in [5, 5.41) is 0.710. The second-order valence-corrected chi connectivity index (χ2v) is 7.95. The molecule has 0 aromatic carbocycles. The van der Waals surface area contributed by atoms with Crippen molar-refractivity contribution in [2.75, 3.05) is 26.7 Å². The fraction of sp³-hybridized carbons (Fsp3) is 0.778. The molecule has 0 N–H and O–H groups in total. The van der Waals surface area contributed by atoms with Crippen molar-refractivity contribution in [2.24, 2.45) is 5.41 Å². The maximum Gasteiger partial charge on any atom is 0.330 e. The van der Waals surface area contributed by atoms with E-state index in [-0.39, 0.29) is 11.4 Å². The molecule has 2 unspecified atom stereocenters. The van der Waals surface area contributed by atoms with Crippen LogP contribution < -0.4 is 0 Å². The Balaban J connectivity index is 0.000000299. The highest BCUT2D eigenvalue weighted by atomic mass is 79.9. The van der Waals surface area contributed by atoms with E-state index >= 15 is 0 Å². The molecule has 1 aliphatic heterocycles. The van der Waals surface area contributed by atoms with Crippen molar-refractivity contribution in [2.45, 2.75) is 57.5 Å². The number of aldehydes is 1. The van der Waals surface area contributed by atoms with E-state index in [1.807, 2.05) is 27.7 Å². The molecule has 2 aliphatic rings. The second-order valence-electron chi connectivity index (χ2n) is 7.39. The summed E-state index contributed by atoms with van der Waals surface area (Å²) in [6.45, 7) is 7.86. The van der Waals surface area contributed by atoms with E-state index in [1.165, 1.54) is 13.2 Å². The third-order valence-corrected chi connectivity index (χ3v) is 6.02. The summed E-state index contributed by atoms with van der Waals surface area (Å²) in [5.74, 6) is -0.937. The summed E-state index contributed by atoms with van der Waals surface area (Å²) in [6.07, 6.45) is 3.65. The highest BCUT2D eigenvalue weighted by Gasteiger charge is 2.79. The number of carbonyl (C=O) groups is 2. The Morgan fingerprint density at radius 2 is 1.72 bits per heavy atom. The predicted molar refractivity (Wildman–Crippen MR) is 97.6 cm³/mol. The molecule has 0 aromatic heterocycles. The zero-order chi connectivity index (χ0) is 19.5. The molecule has 1 aliphatic carbocycles. The topological polar surface area (TPSA) is 74.4 Å². The average molecular weight is 421 g/mol. The lowest BCUT2D eigenvalue weighted by Crippen LogP contribution is -2.55. The summed E-state index contributed by atoms with van der Waals surface area (Å²) in [7, 11) is 4.64. The molecular weight excluding hydrogens is 392 g/mol. The zero-order valence-electron chi connectivity index (χ0n) is 16.1. The number of rotatable bonds is 5. The van der Waals surface area contributed by atoms with Crippen molar-refractivity contribution in [1.82, 2.24) is 0 Å². The molecule has 2 atom stereocenters. The van der Waals surface area contributed by atoms with Gasteiger partial charge in [0.25, 0.3) is 0 Å². The molecule has 1 heterocycles. The van der Waals surface area contributed by atoms with E-state index in [0.717, 1.165) is 11.9 Å². The lowest BCUT2D eigenvalue weighted by molar-refractivity contribution is -0.243. The Hall–Kier alpha value is -0.760. The number of carbonyl (C=O) groups excluding carboxylic acids is 2. The molecule has 0 amide bonds. The number of alkyl halides is 1. The number of methoxy groups -OCH3 is 3. The van der Waals surface area contributed by atoms with E-state index in [4.69, 9.17) is 14.2 Å². The first-order chi connectivity index (χ1) is 11.5. The lowest BCUT2D eigenvalue weighted by atomic mass is 9.62. The molecule has 25 heavy (non-hydrogen) atoms. The van der Waals surface area contributed by atoms with Crippen LogP contribution in [0.2, 0.25) is 0 Å². The number of ether oxygens (including phenoxy) is 4. The Morgan fingerprint density at radius 1 is 1.16 bits per heavy atom. The van der Waals surface area contributed by atoms with Gasteiger partial charge in [0.05, 0.1) is 7.11 Å². The van der Waals surface area contributed by atoms with Crippen LogP contribution in [0, 0.1) is 5.41 Å². The Kier molecular flexibility index (Phi) is 7.01. The number of hydrogen-bond acceptors (Lipinski definition) is 6. The van der Waals surface area contributed by atoms with Crippen LogP contribution >= 0.6 is 15.9 Å². The highest BCUT2D eigenvalue weighted by Crippen LogP contribution is 2.66. The van der Waals surface area contributed by atoms with Gasteiger partial charge in [-0.25, -0.2) is 4.79 Å². The number of allylic oxidation sites excluding steroid dienone is 1. The summed E-state index contributed by atoms with van der Waals surface area (Å²) < 4.78 is 21.1. The van der Waals surface area contributed by atoms with Gasteiger partial charge in [-0.15, -0.1) is 0 Å². The van der Waals surface area contributed by atoms with Crippen LogP contribution in [0.3, 0.4) is 0 Å². The fourth-order valence-corrected chi connectivity index (χ4v) is 3.87. The van der Waals surface area contributed by atoms with Crippen LogP contribution in [-0.4, -0.2) is 55.9 Å². The van der Waals surface area contributed by atoms with E-state index in [2.05, 4.69) is 20.7 Å². The Labute approximate surface area is 158 Å². The molecule has 0 aromatic rings. The van der Waals surface area contributed by atoms with Gasteiger partial charge in [-0.05, 0) is 13.8 Å². The SMILES string of the molecule is COC(=O)C=C(C)CBr.COC1(OC)CC(C)(C)C2(C=O)OC2(C)C1. The van der Waals surface area contributed by atoms with Gasteiger partial charge in [0, 0.05) is 43.9 Å². The quantitative estimate of drug-likeness (QED) is 0.170. The first kappa shape index (κ1) is 22.3. The summed E-state index contributed by atoms with van der Waals surface area (Å²) in [6, 6.07) is 0. The molecule has 1 saturated heterocycles. The van der Waals surface area contributed by atoms with Crippen LogP contribution in [0.15, 0.2) is 11.6 Å². The van der Waals surface area contributed by atoms with Crippen molar-refractivity contribution < 1.29 is 28.5 Å². The van der Waals surface area contributed by atoms with E-state index in [0.29, 0.717) is 18.2 Å². The molecule has 0 radical (unpaired) electrons. The summed E-state index contributed by atoms with van der Waals surface area (Å²) >= 11 is 3.20. The van der Waals surface area contributed by atoms with Crippen LogP contribution in [0.1, 0.15) is 40.5 Å². The number of fused-ring (bicyclic) bond motifs is 1. The maximum absolute atomic E-state index is 11.3. The average Bonchev–Trinajstić information content (AvgIpc) is 3.21.